The van der Waals surface area contributed by atoms with Crippen LogP contribution in [0.3, 0.4) is 0 Å². The molecule has 76 valence electrons. The van der Waals surface area contributed by atoms with E-state index in [0.29, 0.717) is 12.5 Å². The summed E-state index contributed by atoms with van der Waals surface area (Å²) in [5, 5.41) is 17.4. The summed E-state index contributed by atoms with van der Waals surface area (Å²) in [6.45, 7) is 5.23. The molecule has 1 N–H and O–H groups in total. The molecule has 14 heavy (non-hydrogen) atoms. The van der Waals surface area contributed by atoms with Gasteiger partial charge in [0.05, 0.1) is 17.5 Å². The van der Waals surface area contributed by atoms with Gasteiger partial charge in [0.2, 0.25) is 5.95 Å². The third-order valence-electron chi connectivity index (χ3n) is 2.53. The highest BCUT2D eigenvalue weighted by molar-refractivity contribution is 5.31. The van der Waals surface area contributed by atoms with E-state index in [1.807, 2.05) is 18.7 Å². The van der Waals surface area contributed by atoms with Crippen molar-refractivity contribution >= 4 is 5.95 Å². The number of nitrogens with zero attached hydrogens (tertiary/aromatic N) is 4. The summed E-state index contributed by atoms with van der Waals surface area (Å²) < 4.78 is 0. The Labute approximate surface area is 82.8 Å². The van der Waals surface area contributed by atoms with Crippen molar-refractivity contribution in [3.05, 3.63) is 11.4 Å². The molecule has 1 fully saturated rings. The van der Waals surface area contributed by atoms with E-state index in [2.05, 4.69) is 15.2 Å². The Morgan fingerprint density at radius 1 is 1.29 bits per heavy atom. The van der Waals surface area contributed by atoms with Crippen LogP contribution in [-0.2, 0) is 0 Å². The molecule has 2 rings (SSSR count). The largest absolute Gasteiger partial charge is 0.391 e. The van der Waals surface area contributed by atoms with Gasteiger partial charge in [-0.1, -0.05) is 0 Å². The molecule has 1 aromatic heterocycles. The van der Waals surface area contributed by atoms with Crippen LogP contribution in [0.1, 0.15) is 17.8 Å². The predicted octanol–water partition coefficient (Wildman–Crippen LogP) is 0.0594. The zero-order chi connectivity index (χ0) is 10.1. The SMILES string of the molecule is Cc1nnc(N2CCC(O)C2)nc1C. The van der Waals surface area contributed by atoms with Crippen LogP contribution in [0.25, 0.3) is 0 Å². The molecule has 5 nitrogen and oxygen atoms in total. The molecule has 1 saturated heterocycles. The fourth-order valence-electron chi connectivity index (χ4n) is 1.50. The summed E-state index contributed by atoms with van der Waals surface area (Å²) in [7, 11) is 0. The quantitative estimate of drug-likeness (QED) is 0.685. The van der Waals surface area contributed by atoms with Crippen molar-refractivity contribution in [3.63, 3.8) is 0 Å². The normalized spacial score (nSPS) is 21.6. The van der Waals surface area contributed by atoms with Gasteiger partial charge in [0.25, 0.3) is 0 Å². The Morgan fingerprint density at radius 3 is 2.64 bits per heavy atom. The number of anilines is 1. The molecule has 0 spiro atoms. The molecule has 1 aliphatic rings. The van der Waals surface area contributed by atoms with Crippen LogP contribution in [0.4, 0.5) is 5.95 Å². The standard InChI is InChI=1S/C9H14N4O/c1-6-7(2)11-12-9(10-6)13-4-3-8(14)5-13/h8,14H,3-5H2,1-2H3. The van der Waals surface area contributed by atoms with Crippen LogP contribution in [0.2, 0.25) is 0 Å². The van der Waals surface area contributed by atoms with Crippen molar-refractivity contribution in [1.29, 1.82) is 0 Å². The van der Waals surface area contributed by atoms with Gasteiger partial charge in [-0.3, -0.25) is 0 Å². The highest BCUT2D eigenvalue weighted by Crippen LogP contribution is 2.15. The average molecular weight is 194 g/mol. The lowest BCUT2D eigenvalue weighted by Gasteiger charge is -2.14. The first-order valence-corrected chi connectivity index (χ1v) is 4.78. The van der Waals surface area contributed by atoms with Gasteiger partial charge in [0.15, 0.2) is 0 Å². The Balaban J connectivity index is 2.20. The van der Waals surface area contributed by atoms with Crippen LogP contribution in [-0.4, -0.2) is 39.5 Å². The van der Waals surface area contributed by atoms with E-state index in [1.165, 1.54) is 0 Å². The minimum atomic E-state index is -0.250. The van der Waals surface area contributed by atoms with Crippen molar-refractivity contribution in [2.75, 3.05) is 18.0 Å². The minimum absolute atomic E-state index is 0.250. The lowest BCUT2D eigenvalue weighted by Crippen LogP contribution is -2.24. The fourth-order valence-corrected chi connectivity index (χ4v) is 1.50. The Kier molecular flexibility index (Phi) is 2.33. The van der Waals surface area contributed by atoms with E-state index in [0.717, 1.165) is 24.4 Å². The van der Waals surface area contributed by atoms with E-state index >= 15 is 0 Å². The molecule has 1 aliphatic heterocycles. The van der Waals surface area contributed by atoms with E-state index < -0.39 is 0 Å². The number of β-amino-alcohol motifs (C(OH)–C–C–N with tert-alkyl or cyclic N) is 1. The molecule has 0 bridgehead atoms. The molecule has 5 heteroatoms. The van der Waals surface area contributed by atoms with Crippen LogP contribution in [0.5, 0.6) is 0 Å². The zero-order valence-electron chi connectivity index (χ0n) is 8.43. The van der Waals surface area contributed by atoms with Gasteiger partial charge >= 0.3 is 0 Å². The maximum Gasteiger partial charge on any atom is 0.245 e. The van der Waals surface area contributed by atoms with E-state index in [-0.39, 0.29) is 6.10 Å². The van der Waals surface area contributed by atoms with Gasteiger partial charge in [-0.15, -0.1) is 5.10 Å². The van der Waals surface area contributed by atoms with Gasteiger partial charge in [0, 0.05) is 13.1 Å². The highest BCUT2D eigenvalue weighted by atomic mass is 16.3. The smallest absolute Gasteiger partial charge is 0.245 e. The molecule has 0 aromatic carbocycles. The molecule has 1 aromatic rings. The average Bonchev–Trinajstić information content (AvgIpc) is 2.57. The van der Waals surface area contributed by atoms with Crippen LogP contribution >= 0.6 is 0 Å². The number of aliphatic hydroxyl groups excluding tert-OH is 1. The monoisotopic (exact) mass is 194 g/mol. The van der Waals surface area contributed by atoms with Gasteiger partial charge < -0.3 is 10.0 Å². The van der Waals surface area contributed by atoms with Crippen molar-refractivity contribution in [2.45, 2.75) is 26.4 Å². The summed E-state index contributed by atoms with van der Waals surface area (Å²) in [6.07, 6.45) is 0.538. The Bertz CT molecular complexity index is 342. The number of hydrogen-bond donors (Lipinski definition) is 1. The number of aryl methyl sites for hydroxylation is 2. The van der Waals surface area contributed by atoms with Crippen LogP contribution in [0, 0.1) is 13.8 Å². The lowest BCUT2D eigenvalue weighted by molar-refractivity contribution is 0.198. The summed E-state index contributed by atoms with van der Waals surface area (Å²) >= 11 is 0. The predicted molar refractivity (Wildman–Crippen MR) is 52.1 cm³/mol. The Morgan fingerprint density at radius 2 is 2.07 bits per heavy atom. The molecule has 0 radical (unpaired) electrons. The second-order valence-corrected chi connectivity index (χ2v) is 3.67. The number of rotatable bonds is 1. The summed E-state index contributed by atoms with van der Waals surface area (Å²) in [5.74, 6) is 0.629. The molecule has 0 saturated carbocycles. The van der Waals surface area contributed by atoms with Gasteiger partial charge in [-0.25, -0.2) is 4.98 Å². The first kappa shape index (κ1) is 9.33. The van der Waals surface area contributed by atoms with E-state index in [4.69, 9.17) is 0 Å². The third-order valence-corrected chi connectivity index (χ3v) is 2.53. The molecular weight excluding hydrogens is 180 g/mol. The summed E-state index contributed by atoms with van der Waals surface area (Å²) in [5.41, 5.74) is 1.75. The molecule has 0 aliphatic carbocycles. The topological polar surface area (TPSA) is 62.1 Å². The second-order valence-electron chi connectivity index (χ2n) is 3.67. The summed E-state index contributed by atoms with van der Waals surface area (Å²) in [4.78, 5) is 6.29. The van der Waals surface area contributed by atoms with Crippen LogP contribution in [0.15, 0.2) is 0 Å². The van der Waals surface area contributed by atoms with Gasteiger partial charge in [-0.2, -0.15) is 5.10 Å². The minimum Gasteiger partial charge on any atom is -0.391 e. The lowest BCUT2D eigenvalue weighted by atomic mass is 10.3. The number of hydrogen-bond acceptors (Lipinski definition) is 5. The first-order chi connectivity index (χ1) is 6.66. The number of aliphatic hydroxyl groups is 1. The second kappa shape index (κ2) is 3.49. The van der Waals surface area contributed by atoms with Crippen molar-refractivity contribution in [2.24, 2.45) is 0 Å². The van der Waals surface area contributed by atoms with Crippen molar-refractivity contribution in [1.82, 2.24) is 15.2 Å². The summed E-state index contributed by atoms with van der Waals surface area (Å²) in [6, 6.07) is 0. The maximum absolute atomic E-state index is 9.37. The highest BCUT2D eigenvalue weighted by Gasteiger charge is 2.22. The number of aromatic nitrogens is 3. The maximum atomic E-state index is 9.37. The van der Waals surface area contributed by atoms with Gasteiger partial charge in [-0.05, 0) is 20.3 Å². The third kappa shape index (κ3) is 1.68. The molecular formula is C9H14N4O. The van der Waals surface area contributed by atoms with Crippen molar-refractivity contribution in [3.8, 4) is 0 Å². The Hall–Kier alpha value is -1.23. The molecule has 1 atom stereocenters. The first-order valence-electron chi connectivity index (χ1n) is 4.78. The molecule has 2 heterocycles. The molecule has 1 unspecified atom stereocenters. The zero-order valence-corrected chi connectivity index (χ0v) is 8.43. The van der Waals surface area contributed by atoms with Gasteiger partial charge in [0.1, 0.15) is 0 Å². The van der Waals surface area contributed by atoms with E-state index in [1.54, 1.807) is 0 Å². The fraction of sp³-hybridized carbons (Fsp3) is 0.667. The van der Waals surface area contributed by atoms with Crippen molar-refractivity contribution < 1.29 is 5.11 Å². The van der Waals surface area contributed by atoms with Crippen LogP contribution < -0.4 is 4.90 Å². The van der Waals surface area contributed by atoms with E-state index in [9.17, 15) is 5.11 Å². The molecule has 0 amide bonds.